The van der Waals surface area contributed by atoms with Gasteiger partial charge in [-0.15, -0.1) is 0 Å². The van der Waals surface area contributed by atoms with E-state index in [1.54, 1.807) is 6.07 Å². The fourth-order valence-electron chi connectivity index (χ4n) is 4.87. The van der Waals surface area contributed by atoms with Gasteiger partial charge in [0.2, 0.25) is 5.75 Å². The Morgan fingerprint density at radius 1 is 0.913 bits per heavy atom. The topological polar surface area (TPSA) is 123 Å². The standard InChI is InChI=1S/C29H37F3O4.C4H6O2.CH4O.CH2O/c1-21(20-33)16-18-35-28-19-26(14-15-27(28)36-34-2)25-12-10-24(11-13-25)23-8-6-22(7-9-23)5-3-4-17-29(30,31)32;1-4(2-5)3-6;2*1-2/h10-15,19,22-23,33H,1,3-9,16-18,20H2,2H3;2,6H,1,3H2;2H,1H3;1H2. The van der Waals surface area contributed by atoms with E-state index in [4.69, 9.17) is 34.6 Å². The molecule has 1 fully saturated rings. The lowest BCUT2D eigenvalue weighted by Gasteiger charge is -2.29. The van der Waals surface area contributed by atoms with Gasteiger partial charge in [-0.25, -0.2) is 0 Å². The third-order valence-electron chi connectivity index (χ3n) is 7.31. The molecule has 258 valence electrons. The van der Waals surface area contributed by atoms with Gasteiger partial charge in [-0.05, 0) is 78.3 Å². The van der Waals surface area contributed by atoms with Gasteiger partial charge in [-0.3, -0.25) is 4.79 Å². The Kier molecular flexibility index (Phi) is 22.8. The smallest absolute Gasteiger partial charge is 0.389 e. The summed E-state index contributed by atoms with van der Waals surface area (Å²) in [5, 5.41) is 24.1. The first-order chi connectivity index (χ1) is 22.1. The molecule has 8 nitrogen and oxygen atoms in total. The molecule has 0 atom stereocenters. The number of hydrogen-bond donors (Lipinski definition) is 3. The van der Waals surface area contributed by atoms with Crippen molar-refractivity contribution < 1.29 is 52.6 Å². The predicted molar refractivity (Wildman–Crippen MR) is 173 cm³/mol. The Balaban J connectivity index is 0.00000179. The van der Waals surface area contributed by atoms with Gasteiger partial charge in [0.15, 0.2) is 5.75 Å². The number of unbranched alkanes of at least 4 members (excludes halogenated alkanes) is 1. The Bertz CT molecular complexity index is 1130. The molecule has 0 amide bonds. The van der Waals surface area contributed by atoms with Crippen LogP contribution in [0.25, 0.3) is 11.1 Å². The average Bonchev–Trinajstić information content (AvgIpc) is 3.09. The van der Waals surface area contributed by atoms with Crippen LogP contribution in [0.2, 0.25) is 0 Å². The van der Waals surface area contributed by atoms with Crippen molar-refractivity contribution in [1.82, 2.24) is 0 Å². The van der Waals surface area contributed by atoms with E-state index in [2.05, 4.69) is 37.4 Å². The lowest BCUT2D eigenvalue weighted by Crippen LogP contribution is -2.14. The number of alkyl halides is 3. The Hall–Kier alpha value is -3.51. The molecular formula is C35H49F3O8. The molecule has 46 heavy (non-hydrogen) atoms. The number of benzene rings is 2. The van der Waals surface area contributed by atoms with Gasteiger partial charge in [0.1, 0.15) is 13.1 Å². The molecular weight excluding hydrogens is 605 g/mol. The van der Waals surface area contributed by atoms with Crippen LogP contribution in [-0.4, -0.2) is 68.6 Å². The molecule has 2 aromatic carbocycles. The number of hydrogen-bond acceptors (Lipinski definition) is 8. The molecule has 1 saturated carbocycles. The lowest BCUT2D eigenvalue weighted by molar-refractivity contribution is -0.179. The highest BCUT2D eigenvalue weighted by Gasteiger charge is 2.27. The second-order valence-corrected chi connectivity index (χ2v) is 10.6. The maximum Gasteiger partial charge on any atom is 0.389 e. The Labute approximate surface area is 270 Å². The summed E-state index contributed by atoms with van der Waals surface area (Å²) in [4.78, 5) is 27.5. The zero-order chi connectivity index (χ0) is 35.0. The summed E-state index contributed by atoms with van der Waals surface area (Å²) in [6.45, 7) is 9.02. The van der Waals surface area contributed by atoms with Crippen LogP contribution in [0.4, 0.5) is 13.2 Å². The van der Waals surface area contributed by atoms with Crippen molar-refractivity contribution in [3.63, 3.8) is 0 Å². The highest BCUT2D eigenvalue weighted by molar-refractivity contribution is 5.72. The predicted octanol–water partition coefficient (Wildman–Crippen LogP) is 7.17. The average molecular weight is 655 g/mol. The summed E-state index contributed by atoms with van der Waals surface area (Å²) >= 11 is 0. The summed E-state index contributed by atoms with van der Waals surface area (Å²) in [6, 6.07) is 14.2. The molecule has 11 heteroatoms. The van der Waals surface area contributed by atoms with Crippen LogP contribution in [0.5, 0.6) is 11.5 Å². The van der Waals surface area contributed by atoms with Crippen molar-refractivity contribution in [2.45, 2.75) is 69.9 Å². The van der Waals surface area contributed by atoms with Gasteiger partial charge in [0.05, 0.1) is 26.9 Å². The largest absolute Gasteiger partial charge is 0.489 e. The molecule has 0 aliphatic heterocycles. The molecule has 3 N–H and O–H groups in total. The molecule has 3 rings (SSSR count). The fourth-order valence-corrected chi connectivity index (χ4v) is 4.87. The van der Waals surface area contributed by atoms with Crippen LogP contribution < -0.4 is 9.62 Å². The van der Waals surface area contributed by atoms with Crippen LogP contribution in [0.1, 0.15) is 69.3 Å². The molecule has 1 aliphatic rings. The zero-order valence-corrected chi connectivity index (χ0v) is 26.9. The summed E-state index contributed by atoms with van der Waals surface area (Å²) in [5.74, 6) is 2.08. The molecule has 0 unspecified atom stereocenters. The lowest BCUT2D eigenvalue weighted by atomic mass is 9.77. The van der Waals surface area contributed by atoms with Crippen molar-refractivity contribution in [3.8, 4) is 22.6 Å². The van der Waals surface area contributed by atoms with Crippen molar-refractivity contribution in [2.75, 3.05) is 34.0 Å². The molecule has 2 aromatic rings. The second kappa shape index (κ2) is 24.7. The molecule has 0 saturated heterocycles. The number of ether oxygens (including phenoxy) is 1. The highest BCUT2D eigenvalue weighted by atomic mass is 19.4. The zero-order valence-electron chi connectivity index (χ0n) is 26.9. The third kappa shape index (κ3) is 17.3. The maximum absolute atomic E-state index is 12.3. The van der Waals surface area contributed by atoms with E-state index in [0.29, 0.717) is 54.6 Å². The minimum atomic E-state index is -4.03. The molecule has 0 bridgehead atoms. The molecule has 0 heterocycles. The number of rotatable bonds is 15. The van der Waals surface area contributed by atoms with Crippen LogP contribution in [-0.2, 0) is 14.5 Å². The fraction of sp³-hybridized carbons (Fsp3) is 0.486. The number of aliphatic hydroxyl groups is 3. The van der Waals surface area contributed by atoms with Crippen LogP contribution >= 0.6 is 0 Å². The summed E-state index contributed by atoms with van der Waals surface area (Å²) in [5.41, 5.74) is 4.28. The monoisotopic (exact) mass is 654 g/mol. The first-order valence-electron chi connectivity index (χ1n) is 15.0. The summed E-state index contributed by atoms with van der Waals surface area (Å²) < 4.78 is 42.9. The van der Waals surface area contributed by atoms with E-state index in [1.807, 2.05) is 18.9 Å². The van der Waals surface area contributed by atoms with Crippen molar-refractivity contribution >= 4 is 13.1 Å². The SMILES string of the molecule is C=C(C=O)CO.C=C(CO)CCOc1cc(-c2ccc(C3CCC(CCCCC(F)(F)F)CC3)cc2)ccc1OOC.C=O.CO. The molecule has 0 spiro atoms. The van der Waals surface area contributed by atoms with Gasteiger partial charge in [-0.1, -0.05) is 56.3 Å². The number of aldehydes is 1. The van der Waals surface area contributed by atoms with Crippen LogP contribution in [0.15, 0.2) is 66.8 Å². The van der Waals surface area contributed by atoms with E-state index >= 15 is 0 Å². The van der Waals surface area contributed by atoms with Gasteiger partial charge in [0, 0.05) is 25.5 Å². The van der Waals surface area contributed by atoms with Gasteiger partial charge >= 0.3 is 6.18 Å². The van der Waals surface area contributed by atoms with Gasteiger partial charge in [0.25, 0.3) is 0 Å². The number of halogens is 3. The number of aliphatic hydroxyl groups excluding tert-OH is 3. The van der Waals surface area contributed by atoms with E-state index in [0.717, 1.165) is 50.3 Å². The van der Waals surface area contributed by atoms with Crippen LogP contribution in [0.3, 0.4) is 0 Å². The second-order valence-electron chi connectivity index (χ2n) is 10.6. The van der Waals surface area contributed by atoms with Crippen molar-refractivity contribution in [1.29, 1.82) is 0 Å². The van der Waals surface area contributed by atoms with Gasteiger partial charge < -0.3 is 29.7 Å². The molecule has 0 radical (unpaired) electrons. The minimum Gasteiger partial charge on any atom is -0.489 e. The Morgan fingerprint density at radius 2 is 1.52 bits per heavy atom. The maximum atomic E-state index is 12.3. The van der Waals surface area contributed by atoms with Crippen LogP contribution in [0, 0.1) is 5.92 Å². The third-order valence-corrected chi connectivity index (χ3v) is 7.31. The van der Waals surface area contributed by atoms with Crippen molar-refractivity contribution in [3.05, 3.63) is 72.3 Å². The van der Waals surface area contributed by atoms with E-state index in [9.17, 15) is 18.0 Å². The minimum absolute atomic E-state index is 0.0687. The van der Waals surface area contributed by atoms with E-state index < -0.39 is 12.6 Å². The molecule has 1 aliphatic carbocycles. The summed E-state index contributed by atoms with van der Waals surface area (Å²) in [6.07, 6.45) is 2.53. The Morgan fingerprint density at radius 3 is 2.02 bits per heavy atom. The number of carbonyl (C=O) groups excluding carboxylic acids is 2. The van der Waals surface area contributed by atoms with Gasteiger partial charge in [-0.2, -0.15) is 18.1 Å². The first-order valence-corrected chi connectivity index (χ1v) is 15.0. The van der Waals surface area contributed by atoms with E-state index in [-0.39, 0.29) is 25.2 Å². The number of carbonyl (C=O) groups is 2. The summed E-state index contributed by atoms with van der Waals surface area (Å²) in [7, 11) is 2.44. The van der Waals surface area contributed by atoms with E-state index in [1.165, 1.54) is 12.7 Å². The first kappa shape index (κ1) is 42.5. The highest BCUT2D eigenvalue weighted by Crippen LogP contribution is 2.39. The normalized spacial score (nSPS) is 15.4. The quantitative estimate of drug-likeness (QED) is 0.0462. The van der Waals surface area contributed by atoms with Crippen molar-refractivity contribution in [2.24, 2.45) is 5.92 Å². The molecule has 0 aromatic heterocycles.